The maximum atomic E-state index is 14.8. The minimum absolute atomic E-state index is 0.0488. The van der Waals surface area contributed by atoms with E-state index < -0.39 is 23.4 Å². The van der Waals surface area contributed by atoms with Gasteiger partial charge in [-0.05, 0) is 63.9 Å². The number of anilines is 1. The zero-order chi connectivity index (χ0) is 26.3. The molecule has 1 saturated heterocycles. The normalized spacial score (nSPS) is 18.5. The maximum Gasteiger partial charge on any atom is 0.417 e. The number of ether oxygens (including phenoxy) is 1. The van der Waals surface area contributed by atoms with E-state index >= 15 is 0 Å². The lowest BCUT2D eigenvalue weighted by atomic mass is 9.92. The van der Waals surface area contributed by atoms with Crippen molar-refractivity contribution in [3.05, 3.63) is 53.7 Å². The van der Waals surface area contributed by atoms with E-state index in [1.165, 1.54) is 6.92 Å². The molecule has 3 aromatic rings. The number of nitrogens with zero attached hydrogens (tertiary/aromatic N) is 4. The summed E-state index contributed by atoms with van der Waals surface area (Å²) in [5.74, 6) is -1.69. The zero-order valence-corrected chi connectivity index (χ0v) is 20.5. The third-order valence-corrected chi connectivity index (χ3v) is 7.02. The first-order chi connectivity index (χ1) is 17.6. The van der Waals surface area contributed by atoms with Gasteiger partial charge in [-0.1, -0.05) is 0 Å². The topological polar surface area (TPSA) is 72.3 Å². The Morgan fingerprint density at radius 2 is 1.92 bits per heavy atom. The second-order valence-corrected chi connectivity index (χ2v) is 9.52. The van der Waals surface area contributed by atoms with Gasteiger partial charge in [0.05, 0.1) is 23.5 Å². The number of carbonyl (C=O) groups excluding carboxylic acids is 1. The van der Waals surface area contributed by atoms with Crippen molar-refractivity contribution in [1.29, 1.82) is 0 Å². The van der Waals surface area contributed by atoms with E-state index in [-0.39, 0.29) is 23.7 Å². The summed E-state index contributed by atoms with van der Waals surface area (Å²) in [6.45, 7) is 5.20. The van der Waals surface area contributed by atoms with E-state index in [1.807, 2.05) is 23.9 Å². The number of carbonyl (C=O) groups is 1. The van der Waals surface area contributed by atoms with Gasteiger partial charge in [-0.3, -0.25) is 9.48 Å². The number of piperidine rings is 1. The van der Waals surface area contributed by atoms with Crippen LogP contribution in [-0.4, -0.2) is 39.8 Å². The molecule has 1 atom stereocenters. The van der Waals surface area contributed by atoms with Crippen molar-refractivity contribution in [2.24, 2.45) is 0 Å². The molecule has 11 heteroatoms. The van der Waals surface area contributed by atoms with Gasteiger partial charge in [0.2, 0.25) is 5.91 Å². The molecule has 7 nitrogen and oxygen atoms in total. The molecule has 0 saturated carbocycles. The van der Waals surface area contributed by atoms with Crippen LogP contribution in [0.5, 0.6) is 11.6 Å². The highest BCUT2D eigenvalue weighted by Gasteiger charge is 2.34. The van der Waals surface area contributed by atoms with Crippen molar-refractivity contribution in [1.82, 2.24) is 20.1 Å². The first-order valence-electron chi connectivity index (χ1n) is 12.2. The summed E-state index contributed by atoms with van der Waals surface area (Å²) in [5.41, 5.74) is 1.41. The summed E-state index contributed by atoms with van der Waals surface area (Å²) in [6.07, 6.45) is 2.45. The monoisotopic (exact) mass is 517 g/mol. The van der Waals surface area contributed by atoms with Gasteiger partial charge in [-0.15, -0.1) is 0 Å². The number of hydrogen-bond donors (Lipinski definition) is 1. The maximum absolute atomic E-state index is 14.8. The van der Waals surface area contributed by atoms with Crippen LogP contribution in [0.1, 0.15) is 50.3 Å². The van der Waals surface area contributed by atoms with Crippen molar-refractivity contribution in [3.8, 4) is 22.8 Å². The molecule has 0 aliphatic carbocycles. The van der Waals surface area contributed by atoms with Crippen LogP contribution in [0, 0.1) is 5.82 Å². The average Bonchev–Trinajstić information content (AvgIpc) is 3.35. The second kappa shape index (κ2) is 9.77. The molecule has 2 aliphatic heterocycles. The van der Waals surface area contributed by atoms with Gasteiger partial charge < -0.3 is 15.0 Å². The van der Waals surface area contributed by atoms with Gasteiger partial charge in [-0.25, -0.2) is 9.37 Å². The van der Waals surface area contributed by atoms with Crippen molar-refractivity contribution in [2.45, 2.75) is 57.8 Å². The first-order valence-corrected chi connectivity index (χ1v) is 12.2. The lowest BCUT2D eigenvalue weighted by Crippen LogP contribution is -2.40. The number of nitrogens with one attached hydrogen (secondary N) is 1. The number of halogens is 4. The number of alkyl halides is 3. The Labute approximate surface area is 211 Å². The van der Waals surface area contributed by atoms with Crippen molar-refractivity contribution in [3.63, 3.8) is 0 Å². The Balaban J connectivity index is 1.60. The number of pyridine rings is 1. The molecule has 1 N–H and O–H groups in total. The fourth-order valence-corrected chi connectivity index (χ4v) is 5.13. The second-order valence-electron chi connectivity index (χ2n) is 9.52. The molecule has 0 spiro atoms. The van der Waals surface area contributed by atoms with Gasteiger partial charge in [0.25, 0.3) is 5.88 Å². The molecule has 196 valence electrons. The summed E-state index contributed by atoms with van der Waals surface area (Å²) in [4.78, 5) is 17.8. The van der Waals surface area contributed by atoms with Crippen LogP contribution in [0.4, 0.5) is 23.2 Å². The van der Waals surface area contributed by atoms with Gasteiger partial charge in [0.15, 0.2) is 5.82 Å². The standard InChI is InChI=1S/C26H27F4N5O2/c1-15-3-4-21-23(35(15)16(2)36)6-5-20(17-12-33-34(14-17)19-7-9-31-10-8-19)24(21)37-25-22(27)11-18(13-32-25)26(28,29)30/h5-6,11-15,19,31H,3-4,7-10H2,1-2H3. The minimum atomic E-state index is -4.73. The van der Waals surface area contributed by atoms with Crippen LogP contribution in [0.2, 0.25) is 0 Å². The Kier molecular flexibility index (Phi) is 6.65. The Bertz CT molecular complexity index is 1320. The van der Waals surface area contributed by atoms with Crippen LogP contribution < -0.4 is 15.0 Å². The lowest BCUT2D eigenvalue weighted by Gasteiger charge is -2.35. The van der Waals surface area contributed by atoms with Gasteiger partial charge in [-0.2, -0.15) is 18.3 Å². The predicted molar refractivity (Wildman–Crippen MR) is 129 cm³/mol. The highest BCUT2D eigenvalue weighted by atomic mass is 19.4. The van der Waals surface area contributed by atoms with Crippen LogP contribution in [0.3, 0.4) is 0 Å². The fraction of sp³-hybridized carbons (Fsp3) is 0.423. The molecular weight excluding hydrogens is 490 g/mol. The van der Waals surface area contributed by atoms with Crippen LogP contribution in [0.15, 0.2) is 36.8 Å². The Morgan fingerprint density at radius 3 is 2.59 bits per heavy atom. The summed E-state index contributed by atoms with van der Waals surface area (Å²) < 4.78 is 61.8. The third kappa shape index (κ3) is 4.92. The Morgan fingerprint density at radius 1 is 1.16 bits per heavy atom. The highest BCUT2D eigenvalue weighted by molar-refractivity contribution is 5.95. The van der Waals surface area contributed by atoms with E-state index in [4.69, 9.17) is 4.74 Å². The minimum Gasteiger partial charge on any atom is -0.435 e. The molecule has 1 aromatic carbocycles. The highest BCUT2D eigenvalue weighted by Crippen LogP contribution is 2.45. The van der Waals surface area contributed by atoms with Crippen molar-refractivity contribution >= 4 is 11.6 Å². The molecule has 5 rings (SSSR count). The molecule has 0 radical (unpaired) electrons. The largest absolute Gasteiger partial charge is 0.435 e. The molecule has 2 aliphatic rings. The first kappa shape index (κ1) is 25.2. The van der Waals surface area contributed by atoms with Crippen molar-refractivity contribution < 1.29 is 27.1 Å². The van der Waals surface area contributed by atoms with E-state index in [0.29, 0.717) is 41.9 Å². The number of hydrogen-bond acceptors (Lipinski definition) is 5. The van der Waals surface area contributed by atoms with Gasteiger partial charge in [0, 0.05) is 42.0 Å². The fourth-order valence-electron chi connectivity index (χ4n) is 5.13. The lowest BCUT2D eigenvalue weighted by molar-refractivity contribution is -0.138. The summed E-state index contributed by atoms with van der Waals surface area (Å²) >= 11 is 0. The number of fused-ring (bicyclic) bond motifs is 1. The molecule has 37 heavy (non-hydrogen) atoms. The zero-order valence-electron chi connectivity index (χ0n) is 20.5. The molecule has 1 fully saturated rings. The van der Waals surface area contributed by atoms with Crippen LogP contribution in [0.25, 0.3) is 11.1 Å². The Hall–Kier alpha value is -3.47. The molecule has 4 heterocycles. The average molecular weight is 518 g/mol. The molecule has 2 aromatic heterocycles. The van der Waals surface area contributed by atoms with Crippen LogP contribution in [-0.2, 0) is 17.4 Å². The van der Waals surface area contributed by atoms with Gasteiger partial charge in [0.1, 0.15) is 5.75 Å². The number of aromatic nitrogens is 3. The summed E-state index contributed by atoms with van der Waals surface area (Å²) in [5, 5.41) is 7.86. The molecule has 1 unspecified atom stereocenters. The predicted octanol–water partition coefficient (Wildman–Crippen LogP) is 5.51. The quantitative estimate of drug-likeness (QED) is 0.463. The van der Waals surface area contributed by atoms with Crippen molar-refractivity contribution in [2.75, 3.05) is 18.0 Å². The smallest absolute Gasteiger partial charge is 0.417 e. The number of amides is 1. The van der Waals surface area contributed by atoms with E-state index in [2.05, 4.69) is 15.4 Å². The van der Waals surface area contributed by atoms with E-state index in [1.54, 1.807) is 17.2 Å². The van der Waals surface area contributed by atoms with E-state index in [9.17, 15) is 22.4 Å². The SMILES string of the molecule is CC(=O)N1c2ccc(-c3cnn(C4CCNCC4)c3)c(Oc3ncc(C(F)(F)F)cc3F)c2CCC1C. The summed E-state index contributed by atoms with van der Waals surface area (Å²) in [7, 11) is 0. The van der Waals surface area contributed by atoms with Crippen LogP contribution >= 0.6 is 0 Å². The summed E-state index contributed by atoms with van der Waals surface area (Å²) in [6, 6.07) is 4.16. The molecular formula is C26H27F4N5O2. The number of rotatable bonds is 4. The van der Waals surface area contributed by atoms with E-state index in [0.717, 1.165) is 31.5 Å². The third-order valence-electron chi connectivity index (χ3n) is 7.02. The molecule has 0 bridgehead atoms. The number of benzene rings is 1. The molecule has 1 amide bonds. The van der Waals surface area contributed by atoms with Gasteiger partial charge >= 0.3 is 6.18 Å².